The molecule has 3 N–H and O–H groups in total. The minimum absolute atomic E-state index is 0. The molecule has 0 aliphatic heterocycles. The molecule has 0 bridgehead atoms. The van der Waals surface area contributed by atoms with Crippen molar-refractivity contribution in [2.24, 2.45) is 4.99 Å². The van der Waals surface area contributed by atoms with Crippen LogP contribution in [0.2, 0.25) is 0 Å². The summed E-state index contributed by atoms with van der Waals surface area (Å²) < 4.78 is 10.3. The molecule has 27 heavy (non-hydrogen) atoms. The highest BCUT2D eigenvalue weighted by Gasteiger charge is 2.07. The summed E-state index contributed by atoms with van der Waals surface area (Å²) in [6, 6.07) is 13.4. The predicted molar refractivity (Wildman–Crippen MR) is 120 cm³/mol. The average molecular weight is 485 g/mol. The topological polar surface area (TPSA) is 75.1 Å². The van der Waals surface area contributed by atoms with E-state index < -0.39 is 0 Å². The van der Waals surface area contributed by atoms with E-state index in [9.17, 15) is 5.11 Å². The van der Waals surface area contributed by atoms with Crippen LogP contribution in [0.5, 0.6) is 17.2 Å². The Morgan fingerprint density at radius 2 is 1.78 bits per heavy atom. The Morgan fingerprint density at radius 3 is 2.41 bits per heavy atom. The fourth-order valence-electron chi connectivity index (χ4n) is 2.48. The number of ether oxygens (including phenoxy) is 2. The first-order chi connectivity index (χ1) is 12.7. The molecule has 0 radical (unpaired) electrons. The second-order valence-corrected chi connectivity index (χ2v) is 5.69. The van der Waals surface area contributed by atoms with E-state index in [1.54, 1.807) is 13.2 Å². The quantitative estimate of drug-likeness (QED) is 0.304. The van der Waals surface area contributed by atoms with Crippen LogP contribution in [0.3, 0.4) is 0 Å². The number of para-hydroxylation sites is 1. The lowest BCUT2D eigenvalue weighted by molar-refractivity contribution is 0.370. The largest absolute Gasteiger partial charge is 0.504 e. The van der Waals surface area contributed by atoms with Crippen LogP contribution in [0.1, 0.15) is 18.1 Å². The third-order valence-electron chi connectivity index (χ3n) is 3.92. The minimum atomic E-state index is 0. The molecule has 0 fully saturated rings. The molecule has 2 aromatic carbocycles. The van der Waals surface area contributed by atoms with Gasteiger partial charge < -0.3 is 25.2 Å². The van der Waals surface area contributed by atoms with Crippen LogP contribution in [-0.4, -0.2) is 38.4 Å². The molecule has 0 saturated heterocycles. The van der Waals surface area contributed by atoms with Gasteiger partial charge in [-0.1, -0.05) is 24.3 Å². The van der Waals surface area contributed by atoms with Gasteiger partial charge in [-0.2, -0.15) is 0 Å². The van der Waals surface area contributed by atoms with E-state index in [-0.39, 0.29) is 29.7 Å². The van der Waals surface area contributed by atoms with E-state index in [0.717, 1.165) is 30.8 Å². The number of hydrogen-bond donors (Lipinski definition) is 3. The monoisotopic (exact) mass is 485 g/mol. The van der Waals surface area contributed by atoms with Crippen molar-refractivity contribution in [2.45, 2.75) is 19.9 Å². The number of halogens is 1. The number of methoxy groups -OCH3 is 2. The molecule has 0 atom stereocenters. The molecule has 2 rings (SSSR count). The molecule has 2 aromatic rings. The summed E-state index contributed by atoms with van der Waals surface area (Å²) in [7, 11) is 3.20. The molecule has 0 heterocycles. The van der Waals surface area contributed by atoms with E-state index in [0.29, 0.717) is 18.3 Å². The molecule has 0 spiro atoms. The van der Waals surface area contributed by atoms with Crippen LogP contribution >= 0.6 is 24.0 Å². The van der Waals surface area contributed by atoms with Crippen molar-refractivity contribution >= 4 is 29.9 Å². The SMILES string of the molecule is CCNC(=NCc1cccc(OC)c1O)NCCc1ccc(OC)cc1.I. The molecule has 0 unspecified atom stereocenters. The maximum absolute atomic E-state index is 10.2. The fourth-order valence-corrected chi connectivity index (χ4v) is 2.48. The Kier molecular flexibility index (Phi) is 10.4. The fraction of sp³-hybridized carbons (Fsp3) is 0.350. The number of phenols is 1. The average Bonchev–Trinajstić information content (AvgIpc) is 2.67. The summed E-state index contributed by atoms with van der Waals surface area (Å²) in [6.45, 7) is 3.89. The zero-order valence-electron chi connectivity index (χ0n) is 16.0. The van der Waals surface area contributed by atoms with Gasteiger partial charge in [-0.3, -0.25) is 0 Å². The van der Waals surface area contributed by atoms with Gasteiger partial charge in [-0.05, 0) is 37.1 Å². The number of nitrogens with zero attached hydrogens (tertiary/aromatic N) is 1. The number of aliphatic imine (C=N–C) groups is 1. The highest BCUT2D eigenvalue weighted by atomic mass is 127. The molecular weight excluding hydrogens is 457 g/mol. The van der Waals surface area contributed by atoms with E-state index in [1.165, 1.54) is 12.7 Å². The second kappa shape index (κ2) is 12.3. The van der Waals surface area contributed by atoms with Crippen molar-refractivity contribution in [1.29, 1.82) is 0 Å². The molecular formula is C20H28IN3O3. The molecule has 6 nitrogen and oxygen atoms in total. The van der Waals surface area contributed by atoms with Crippen LogP contribution in [0, 0.1) is 0 Å². The van der Waals surface area contributed by atoms with E-state index in [4.69, 9.17) is 9.47 Å². The zero-order valence-corrected chi connectivity index (χ0v) is 18.3. The molecule has 0 aliphatic rings. The molecule has 0 amide bonds. The summed E-state index contributed by atoms with van der Waals surface area (Å²) in [5, 5.41) is 16.7. The highest BCUT2D eigenvalue weighted by molar-refractivity contribution is 14.0. The molecule has 148 valence electrons. The Hall–Kier alpha value is -2.16. The summed E-state index contributed by atoms with van der Waals surface area (Å²) >= 11 is 0. The van der Waals surface area contributed by atoms with Gasteiger partial charge in [-0.25, -0.2) is 4.99 Å². The van der Waals surface area contributed by atoms with Gasteiger partial charge in [0.25, 0.3) is 0 Å². The third kappa shape index (κ3) is 7.16. The lowest BCUT2D eigenvalue weighted by atomic mass is 10.1. The minimum Gasteiger partial charge on any atom is -0.504 e. The molecule has 0 aromatic heterocycles. The number of hydrogen-bond acceptors (Lipinski definition) is 4. The third-order valence-corrected chi connectivity index (χ3v) is 3.92. The van der Waals surface area contributed by atoms with Gasteiger partial charge in [0.05, 0.1) is 20.8 Å². The molecule has 7 heteroatoms. The summed E-state index contributed by atoms with van der Waals surface area (Å²) in [4.78, 5) is 4.54. The van der Waals surface area contributed by atoms with Crippen LogP contribution in [0.15, 0.2) is 47.5 Å². The normalized spacial score (nSPS) is 10.7. The Bertz CT molecular complexity index is 721. The van der Waals surface area contributed by atoms with Crippen LogP contribution in [0.25, 0.3) is 0 Å². The Morgan fingerprint density at radius 1 is 1.04 bits per heavy atom. The number of guanidine groups is 1. The summed E-state index contributed by atoms with van der Waals surface area (Å²) in [6.07, 6.45) is 0.874. The van der Waals surface area contributed by atoms with E-state index in [2.05, 4.69) is 27.8 Å². The standard InChI is InChI=1S/C20H27N3O3.HI/c1-4-21-20(22-13-12-15-8-10-17(25-2)11-9-15)23-14-16-6-5-7-18(26-3)19(16)24;/h5-11,24H,4,12-14H2,1-3H3,(H2,21,22,23);1H. The van der Waals surface area contributed by atoms with Crippen molar-refractivity contribution in [1.82, 2.24) is 10.6 Å². The summed E-state index contributed by atoms with van der Waals surface area (Å²) in [5.41, 5.74) is 1.94. The highest BCUT2D eigenvalue weighted by Crippen LogP contribution is 2.29. The molecule has 0 aliphatic carbocycles. The maximum atomic E-state index is 10.2. The first kappa shape index (κ1) is 22.9. The Balaban J connectivity index is 0.00000364. The van der Waals surface area contributed by atoms with Crippen molar-refractivity contribution in [2.75, 3.05) is 27.3 Å². The van der Waals surface area contributed by atoms with Gasteiger partial charge >= 0.3 is 0 Å². The maximum Gasteiger partial charge on any atom is 0.191 e. The van der Waals surface area contributed by atoms with E-state index in [1.807, 2.05) is 31.2 Å². The second-order valence-electron chi connectivity index (χ2n) is 5.69. The lowest BCUT2D eigenvalue weighted by Crippen LogP contribution is -2.38. The van der Waals surface area contributed by atoms with Crippen molar-refractivity contribution in [3.63, 3.8) is 0 Å². The number of phenolic OH excluding ortho intramolecular Hbond substituents is 1. The van der Waals surface area contributed by atoms with Gasteiger partial charge in [0.15, 0.2) is 17.5 Å². The predicted octanol–water partition coefficient (Wildman–Crippen LogP) is 3.33. The number of benzene rings is 2. The van der Waals surface area contributed by atoms with Crippen LogP contribution in [0.4, 0.5) is 0 Å². The lowest BCUT2D eigenvalue weighted by Gasteiger charge is -2.12. The van der Waals surface area contributed by atoms with Gasteiger partial charge in [-0.15, -0.1) is 24.0 Å². The van der Waals surface area contributed by atoms with Crippen molar-refractivity contribution < 1.29 is 14.6 Å². The van der Waals surface area contributed by atoms with Crippen molar-refractivity contribution in [3.8, 4) is 17.2 Å². The first-order valence-electron chi connectivity index (χ1n) is 8.67. The van der Waals surface area contributed by atoms with E-state index >= 15 is 0 Å². The van der Waals surface area contributed by atoms with Crippen LogP contribution < -0.4 is 20.1 Å². The number of nitrogens with one attached hydrogen (secondary N) is 2. The zero-order chi connectivity index (χ0) is 18.8. The first-order valence-corrected chi connectivity index (χ1v) is 8.67. The number of rotatable bonds is 8. The van der Waals surface area contributed by atoms with Gasteiger partial charge in [0, 0.05) is 18.7 Å². The number of aromatic hydroxyl groups is 1. The van der Waals surface area contributed by atoms with Gasteiger partial charge in [0.2, 0.25) is 0 Å². The smallest absolute Gasteiger partial charge is 0.191 e. The van der Waals surface area contributed by atoms with Crippen LogP contribution in [-0.2, 0) is 13.0 Å². The Labute approximate surface area is 178 Å². The molecule has 0 saturated carbocycles. The van der Waals surface area contributed by atoms with Crippen molar-refractivity contribution in [3.05, 3.63) is 53.6 Å². The van der Waals surface area contributed by atoms with Gasteiger partial charge in [0.1, 0.15) is 5.75 Å². The summed E-state index contributed by atoms with van der Waals surface area (Å²) in [5.74, 6) is 2.15.